The Labute approximate surface area is 78.4 Å². The Morgan fingerprint density at radius 3 is 2.62 bits per heavy atom. The van der Waals surface area contributed by atoms with Crippen molar-refractivity contribution in [1.82, 2.24) is 0 Å². The van der Waals surface area contributed by atoms with E-state index in [0.29, 0.717) is 0 Å². The van der Waals surface area contributed by atoms with Crippen LogP contribution in [0.1, 0.15) is 33.5 Å². The number of furan rings is 1. The van der Waals surface area contributed by atoms with Crippen LogP contribution < -0.4 is 0 Å². The zero-order valence-corrected chi connectivity index (χ0v) is 8.50. The van der Waals surface area contributed by atoms with Crippen molar-refractivity contribution in [1.29, 1.82) is 0 Å². The molecule has 0 saturated carbocycles. The van der Waals surface area contributed by atoms with Crippen molar-refractivity contribution in [2.45, 2.75) is 33.3 Å². The van der Waals surface area contributed by atoms with Gasteiger partial charge < -0.3 is 9.25 Å². The van der Waals surface area contributed by atoms with Gasteiger partial charge in [0.25, 0.3) is 0 Å². The highest BCUT2D eigenvalue weighted by molar-refractivity contribution is 5.95. The second-order valence-electron chi connectivity index (χ2n) is 3.86. The molecule has 1 rings (SSSR count). The van der Waals surface area contributed by atoms with Crippen molar-refractivity contribution in [2.75, 3.05) is 0 Å². The first-order valence-electron chi connectivity index (χ1n) is 4.26. The molecule has 0 N–H and O–H groups in total. The van der Waals surface area contributed by atoms with Gasteiger partial charge in [-0.2, -0.15) is 0 Å². The molecule has 0 spiro atoms. The summed E-state index contributed by atoms with van der Waals surface area (Å²) < 4.78 is 5.15. The second kappa shape index (κ2) is 3.64. The topological polar surface area (TPSA) is 34.7 Å². The molecule has 1 aromatic heterocycles. The molecule has 0 atom stereocenters. The summed E-state index contributed by atoms with van der Waals surface area (Å²) in [6, 6.07) is 3.68. The molecule has 0 bridgehead atoms. The van der Waals surface area contributed by atoms with E-state index in [1.165, 1.54) is 0 Å². The maximum absolute atomic E-state index is 5.24. The van der Waals surface area contributed by atoms with Gasteiger partial charge in [-0.1, -0.05) is 5.16 Å². The number of rotatable bonds is 2. The molecule has 72 valence electrons. The molecule has 0 aliphatic carbocycles. The van der Waals surface area contributed by atoms with Crippen LogP contribution >= 0.6 is 0 Å². The molecule has 13 heavy (non-hydrogen) atoms. The van der Waals surface area contributed by atoms with Gasteiger partial charge in [-0.05, 0) is 39.8 Å². The number of hydrogen-bond donors (Lipinski definition) is 0. The Morgan fingerprint density at radius 2 is 2.15 bits per heavy atom. The lowest BCUT2D eigenvalue weighted by Crippen LogP contribution is -2.16. The smallest absolute Gasteiger partial charge is 0.151 e. The SMILES string of the molecule is C/C(=N/OC(C)(C)C)c1ccco1. The molecule has 0 saturated heterocycles. The lowest BCUT2D eigenvalue weighted by Gasteiger charge is -2.15. The van der Waals surface area contributed by atoms with E-state index < -0.39 is 0 Å². The Balaban J connectivity index is 2.63. The van der Waals surface area contributed by atoms with Gasteiger partial charge in [-0.25, -0.2) is 0 Å². The average Bonchev–Trinajstić information content (AvgIpc) is 2.50. The fourth-order valence-electron chi connectivity index (χ4n) is 0.735. The summed E-state index contributed by atoms with van der Waals surface area (Å²) >= 11 is 0. The molecule has 3 nitrogen and oxygen atoms in total. The van der Waals surface area contributed by atoms with Crippen molar-refractivity contribution in [3.63, 3.8) is 0 Å². The predicted molar refractivity (Wildman–Crippen MR) is 51.8 cm³/mol. The van der Waals surface area contributed by atoms with Gasteiger partial charge in [-0.3, -0.25) is 0 Å². The molecular formula is C10H15NO2. The van der Waals surface area contributed by atoms with E-state index in [-0.39, 0.29) is 5.60 Å². The maximum atomic E-state index is 5.24. The summed E-state index contributed by atoms with van der Waals surface area (Å²) in [4.78, 5) is 5.24. The standard InChI is InChI=1S/C10H15NO2/c1-8(9-6-5-7-12-9)11-13-10(2,3)4/h5-7H,1-4H3/b11-8-. The maximum Gasteiger partial charge on any atom is 0.151 e. The minimum absolute atomic E-state index is 0.256. The number of hydrogen-bond acceptors (Lipinski definition) is 3. The highest BCUT2D eigenvalue weighted by Crippen LogP contribution is 2.09. The highest BCUT2D eigenvalue weighted by atomic mass is 16.6. The molecule has 0 aromatic carbocycles. The van der Waals surface area contributed by atoms with Gasteiger partial charge in [0.1, 0.15) is 11.3 Å². The minimum Gasteiger partial charge on any atom is -0.463 e. The van der Waals surface area contributed by atoms with Gasteiger partial charge in [0.15, 0.2) is 5.76 Å². The van der Waals surface area contributed by atoms with Gasteiger partial charge >= 0.3 is 0 Å². The van der Waals surface area contributed by atoms with Gasteiger partial charge in [0.2, 0.25) is 0 Å². The van der Waals surface area contributed by atoms with Crippen LogP contribution in [-0.2, 0) is 4.84 Å². The normalized spacial score (nSPS) is 13.1. The molecule has 1 aromatic rings. The summed E-state index contributed by atoms with van der Waals surface area (Å²) in [7, 11) is 0. The second-order valence-corrected chi connectivity index (χ2v) is 3.86. The Kier molecular flexibility index (Phi) is 2.76. The molecule has 3 heteroatoms. The van der Waals surface area contributed by atoms with Crippen LogP contribution in [0.5, 0.6) is 0 Å². The van der Waals surface area contributed by atoms with E-state index in [9.17, 15) is 0 Å². The quantitative estimate of drug-likeness (QED) is 0.519. The van der Waals surface area contributed by atoms with E-state index >= 15 is 0 Å². The summed E-state index contributed by atoms with van der Waals surface area (Å²) in [6.45, 7) is 7.70. The molecule has 0 radical (unpaired) electrons. The third-order valence-corrected chi connectivity index (χ3v) is 1.33. The molecule has 0 fully saturated rings. The van der Waals surface area contributed by atoms with Crippen LogP contribution in [0.4, 0.5) is 0 Å². The van der Waals surface area contributed by atoms with Crippen LogP contribution in [0.15, 0.2) is 28.0 Å². The fraction of sp³-hybridized carbons (Fsp3) is 0.500. The monoisotopic (exact) mass is 181 g/mol. The zero-order chi connectivity index (χ0) is 9.90. The average molecular weight is 181 g/mol. The van der Waals surface area contributed by atoms with Crippen molar-refractivity contribution in [3.05, 3.63) is 24.2 Å². The Bertz CT molecular complexity index is 280. The molecular weight excluding hydrogens is 166 g/mol. The molecule has 0 unspecified atom stereocenters. The van der Waals surface area contributed by atoms with Crippen LogP contribution in [0.2, 0.25) is 0 Å². The summed E-state index contributed by atoms with van der Waals surface area (Å²) in [5.41, 5.74) is 0.494. The lowest BCUT2D eigenvalue weighted by atomic mass is 10.2. The Morgan fingerprint density at radius 1 is 1.46 bits per heavy atom. The molecule has 0 amide bonds. The van der Waals surface area contributed by atoms with E-state index in [0.717, 1.165) is 11.5 Å². The highest BCUT2D eigenvalue weighted by Gasteiger charge is 2.11. The minimum atomic E-state index is -0.256. The summed E-state index contributed by atoms with van der Waals surface area (Å²) in [5.74, 6) is 0.740. The third kappa shape index (κ3) is 3.32. The first-order valence-corrected chi connectivity index (χ1v) is 4.26. The van der Waals surface area contributed by atoms with Crippen LogP contribution in [0, 0.1) is 0 Å². The van der Waals surface area contributed by atoms with Gasteiger partial charge in [0.05, 0.1) is 6.26 Å². The van der Waals surface area contributed by atoms with Gasteiger partial charge in [0, 0.05) is 0 Å². The number of oxime groups is 1. The van der Waals surface area contributed by atoms with Crippen molar-refractivity contribution >= 4 is 5.71 Å². The summed E-state index contributed by atoms with van der Waals surface area (Å²) in [6.07, 6.45) is 1.62. The predicted octanol–water partition coefficient (Wildman–Crippen LogP) is 2.82. The van der Waals surface area contributed by atoms with Crippen molar-refractivity contribution in [2.24, 2.45) is 5.16 Å². The van der Waals surface area contributed by atoms with Crippen molar-refractivity contribution < 1.29 is 9.25 Å². The fourth-order valence-corrected chi connectivity index (χ4v) is 0.735. The van der Waals surface area contributed by atoms with E-state index in [2.05, 4.69) is 5.16 Å². The first kappa shape index (κ1) is 9.84. The van der Waals surface area contributed by atoms with E-state index in [1.807, 2.05) is 39.8 Å². The van der Waals surface area contributed by atoms with E-state index in [1.54, 1.807) is 6.26 Å². The van der Waals surface area contributed by atoms with Crippen LogP contribution in [-0.4, -0.2) is 11.3 Å². The largest absolute Gasteiger partial charge is 0.463 e. The van der Waals surface area contributed by atoms with E-state index in [4.69, 9.17) is 9.25 Å². The first-order chi connectivity index (χ1) is 5.99. The molecule has 1 heterocycles. The third-order valence-electron chi connectivity index (χ3n) is 1.33. The summed E-state index contributed by atoms with van der Waals surface area (Å²) in [5, 5.41) is 3.96. The molecule has 0 aliphatic rings. The number of nitrogens with zero attached hydrogens (tertiary/aromatic N) is 1. The zero-order valence-electron chi connectivity index (χ0n) is 8.50. The van der Waals surface area contributed by atoms with Gasteiger partial charge in [-0.15, -0.1) is 0 Å². The van der Waals surface area contributed by atoms with Crippen molar-refractivity contribution in [3.8, 4) is 0 Å². The molecule has 0 aliphatic heterocycles. The lowest BCUT2D eigenvalue weighted by molar-refractivity contribution is 0.000775. The van der Waals surface area contributed by atoms with Crippen LogP contribution in [0.3, 0.4) is 0 Å². The van der Waals surface area contributed by atoms with Crippen LogP contribution in [0.25, 0.3) is 0 Å². The Hall–Kier alpha value is -1.25.